The maximum Gasteiger partial charge on any atom is 0.133 e. The molecule has 2 rings (SSSR count). The molecule has 0 saturated carbocycles. The summed E-state index contributed by atoms with van der Waals surface area (Å²) >= 11 is 3.55. The fourth-order valence-corrected chi connectivity index (χ4v) is 3.48. The van der Waals surface area contributed by atoms with Crippen molar-refractivity contribution in [2.75, 3.05) is 40.5 Å². The van der Waals surface area contributed by atoms with Crippen molar-refractivity contribution in [3.8, 4) is 5.75 Å². The predicted molar refractivity (Wildman–Crippen MR) is 88.7 cm³/mol. The van der Waals surface area contributed by atoms with Crippen LogP contribution in [0.25, 0.3) is 0 Å². The quantitative estimate of drug-likeness (QED) is 0.851. The van der Waals surface area contributed by atoms with E-state index in [2.05, 4.69) is 40.0 Å². The van der Waals surface area contributed by atoms with Crippen LogP contribution in [0.5, 0.6) is 5.75 Å². The second-order valence-electron chi connectivity index (χ2n) is 5.64. The van der Waals surface area contributed by atoms with Crippen molar-refractivity contribution in [3.05, 3.63) is 28.2 Å². The van der Waals surface area contributed by atoms with Crippen molar-refractivity contribution < 1.29 is 9.47 Å². The van der Waals surface area contributed by atoms with Gasteiger partial charge < -0.3 is 15.2 Å². The van der Waals surface area contributed by atoms with Crippen LogP contribution in [0.3, 0.4) is 0 Å². The highest BCUT2D eigenvalue weighted by Gasteiger charge is 2.21. The lowest BCUT2D eigenvalue weighted by Crippen LogP contribution is -2.36. The molecule has 0 aromatic heterocycles. The number of hydrogen-bond acceptors (Lipinski definition) is 4. The van der Waals surface area contributed by atoms with Gasteiger partial charge in [0.05, 0.1) is 11.6 Å². The molecule has 4 nitrogen and oxygen atoms in total. The third-order valence-corrected chi connectivity index (χ3v) is 4.82. The third-order valence-electron chi connectivity index (χ3n) is 4.20. The Bertz CT molecular complexity index is 450. The summed E-state index contributed by atoms with van der Waals surface area (Å²) in [5, 5.41) is 0. The minimum absolute atomic E-state index is 0.232. The van der Waals surface area contributed by atoms with E-state index >= 15 is 0 Å². The van der Waals surface area contributed by atoms with E-state index < -0.39 is 0 Å². The number of halogens is 1. The number of methoxy groups -OCH3 is 1. The largest absolute Gasteiger partial charge is 0.496 e. The second kappa shape index (κ2) is 8.13. The van der Waals surface area contributed by atoms with Crippen molar-refractivity contribution in [2.45, 2.75) is 18.9 Å². The van der Waals surface area contributed by atoms with Crippen molar-refractivity contribution >= 4 is 15.9 Å². The molecule has 5 heteroatoms. The Hall–Kier alpha value is -0.620. The molecule has 1 saturated heterocycles. The molecule has 1 unspecified atom stereocenters. The Kier molecular flexibility index (Phi) is 6.48. The number of ether oxygens (including phenoxy) is 2. The fourth-order valence-electron chi connectivity index (χ4n) is 2.92. The maximum atomic E-state index is 6.02. The summed E-state index contributed by atoms with van der Waals surface area (Å²) in [6, 6.07) is 6.43. The predicted octanol–water partition coefficient (Wildman–Crippen LogP) is 2.82. The Balaban J connectivity index is 2.05. The molecule has 1 aliphatic rings. The lowest BCUT2D eigenvalue weighted by atomic mass is 9.98. The number of nitrogens with zero attached hydrogens (tertiary/aromatic N) is 1. The van der Waals surface area contributed by atoms with Crippen LogP contribution in [-0.4, -0.2) is 45.4 Å². The summed E-state index contributed by atoms with van der Waals surface area (Å²) < 4.78 is 11.7. The molecule has 1 atom stereocenters. The molecule has 1 aliphatic heterocycles. The Labute approximate surface area is 135 Å². The zero-order chi connectivity index (χ0) is 15.2. The first kappa shape index (κ1) is 16.7. The molecule has 0 spiro atoms. The molecule has 1 heterocycles. The van der Waals surface area contributed by atoms with Crippen LogP contribution < -0.4 is 10.5 Å². The summed E-state index contributed by atoms with van der Waals surface area (Å²) in [7, 11) is 3.84. The highest BCUT2D eigenvalue weighted by Crippen LogP contribution is 2.30. The van der Waals surface area contributed by atoms with Gasteiger partial charge in [-0.15, -0.1) is 0 Å². The highest BCUT2D eigenvalue weighted by atomic mass is 79.9. The number of benzene rings is 1. The molecule has 21 heavy (non-hydrogen) atoms. The van der Waals surface area contributed by atoms with Crippen LogP contribution in [0.15, 0.2) is 22.7 Å². The van der Waals surface area contributed by atoms with Gasteiger partial charge in [-0.2, -0.15) is 0 Å². The molecule has 118 valence electrons. The van der Waals surface area contributed by atoms with Gasteiger partial charge in [-0.1, -0.05) is 6.07 Å². The van der Waals surface area contributed by atoms with Crippen LogP contribution in [0, 0.1) is 5.92 Å². The maximum absolute atomic E-state index is 6.02. The molecule has 0 amide bonds. The Morgan fingerprint density at radius 1 is 1.43 bits per heavy atom. The molecular formula is C16H25BrN2O2. The zero-order valence-electron chi connectivity index (χ0n) is 12.8. The molecule has 2 N–H and O–H groups in total. The Morgan fingerprint density at radius 3 is 2.71 bits per heavy atom. The molecule has 1 aromatic rings. The van der Waals surface area contributed by atoms with Gasteiger partial charge in [0.15, 0.2) is 0 Å². The lowest BCUT2D eigenvalue weighted by molar-refractivity contribution is 0.0507. The van der Waals surface area contributed by atoms with Gasteiger partial charge in [0.2, 0.25) is 0 Å². The minimum atomic E-state index is 0.232. The SMILES string of the molecule is COc1ccc(C(CN)N(C)CC2CCOCC2)cc1Br. The van der Waals surface area contributed by atoms with E-state index in [0.29, 0.717) is 12.5 Å². The first-order chi connectivity index (χ1) is 10.2. The van der Waals surface area contributed by atoms with Crippen molar-refractivity contribution in [3.63, 3.8) is 0 Å². The standard InChI is InChI=1S/C16H25BrN2O2/c1-19(11-12-5-7-21-8-6-12)15(10-18)13-3-4-16(20-2)14(17)9-13/h3-4,9,12,15H,5-8,10-11,18H2,1-2H3. The number of rotatable bonds is 6. The number of likely N-dealkylation sites (N-methyl/N-ethyl adjacent to an activating group) is 1. The summed E-state index contributed by atoms with van der Waals surface area (Å²) in [6.45, 7) is 3.45. The van der Waals surface area contributed by atoms with E-state index in [9.17, 15) is 0 Å². The molecular weight excluding hydrogens is 332 g/mol. The van der Waals surface area contributed by atoms with E-state index in [-0.39, 0.29) is 6.04 Å². The summed E-state index contributed by atoms with van der Waals surface area (Å²) in [6.07, 6.45) is 2.29. The van der Waals surface area contributed by atoms with Gasteiger partial charge in [0.25, 0.3) is 0 Å². The lowest BCUT2D eigenvalue weighted by Gasteiger charge is -2.32. The normalized spacial score (nSPS) is 18.0. The van der Waals surface area contributed by atoms with Gasteiger partial charge in [-0.3, -0.25) is 4.90 Å². The van der Waals surface area contributed by atoms with Gasteiger partial charge in [0, 0.05) is 32.3 Å². The van der Waals surface area contributed by atoms with Crippen molar-refractivity contribution in [1.29, 1.82) is 0 Å². The average Bonchev–Trinajstić information content (AvgIpc) is 2.49. The van der Waals surface area contributed by atoms with E-state index in [0.717, 1.165) is 42.8 Å². The third kappa shape index (κ3) is 4.42. The van der Waals surface area contributed by atoms with Crippen LogP contribution in [0.1, 0.15) is 24.4 Å². The summed E-state index contributed by atoms with van der Waals surface area (Å²) in [5.74, 6) is 1.56. The minimum Gasteiger partial charge on any atom is -0.496 e. The molecule has 0 radical (unpaired) electrons. The first-order valence-electron chi connectivity index (χ1n) is 7.47. The average molecular weight is 357 g/mol. The zero-order valence-corrected chi connectivity index (χ0v) is 14.4. The summed E-state index contributed by atoms with van der Waals surface area (Å²) in [4.78, 5) is 2.37. The van der Waals surface area contributed by atoms with Gasteiger partial charge in [-0.05, 0) is 59.4 Å². The van der Waals surface area contributed by atoms with Crippen LogP contribution in [-0.2, 0) is 4.74 Å². The molecule has 1 fully saturated rings. The van der Waals surface area contributed by atoms with Crippen molar-refractivity contribution in [1.82, 2.24) is 4.90 Å². The molecule has 1 aromatic carbocycles. The smallest absolute Gasteiger partial charge is 0.133 e. The van der Waals surface area contributed by atoms with E-state index in [1.807, 2.05) is 6.07 Å². The first-order valence-corrected chi connectivity index (χ1v) is 8.26. The molecule has 0 aliphatic carbocycles. The number of nitrogens with two attached hydrogens (primary N) is 1. The summed E-state index contributed by atoms with van der Waals surface area (Å²) in [5.41, 5.74) is 7.24. The van der Waals surface area contributed by atoms with E-state index in [1.165, 1.54) is 5.56 Å². The van der Waals surface area contributed by atoms with Crippen LogP contribution in [0.2, 0.25) is 0 Å². The molecule has 0 bridgehead atoms. The van der Waals surface area contributed by atoms with Gasteiger partial charge in [0.1, 0.15) is 5.75 Å². The van der Waals surface area contributed by atoms with Gasteiger partial charge in [-0.25, -0.2) is 0 Å². The van der Waals surface area contributed by atoms with E-state index in [1.54, 1.807) is 7.11 Å². The van der Waals surface area contributed by atoms with Gasteiger partial charge >= 0.3 is 0 Å². The second-order valence-corrected chi connectivity index (χ2v) is 6.50. The van der Waals surface area contributed by atoms with E-state index in [4.69, 9.17) is 15.2 Å². The van der Waals surface area contributed by atoms with Crippen molar-refractivity contribution in [2.24, 2.45) is 11.7 Å². The topological polar surface area (TPSA) is 47.7 Å². The monoisotopic (exact) mass is 356 g/mol. The fraction of sp³-hybridized carbons (Fsp3) is 0.625. The van der Waals surface area contributed by atoms with Crippen LogP contribution >= 0.6 is 15.9 Å². The Morgan fingerprint density at radius 2 is 2.14 bits per heavy atom. The highest BCUT2D eigenvalue weighted by molar-refractivity contribution is 9.10. The van der Waals surface area contributed by atoms with Crippen LogP contribution in [0.4, 0.5) is 0 Å². The number of hydrogen-bond donors (Lipinski definition) is 1.